The number of amides is 4. The summed E-state index contributed by atoms with van der Waals surface area (Å²) in [7, 11) is 0. The van der Waals surface area contributed by atoms with Gasteiger partial charge in [0.05, 0.1) is 23.7 Å². The predicted octanol–water partition coefficient (Wildman–Crippen LogP) is 5.06. The molecule has 2 aliphatic carbocycles. The normalized spacial score (nSPS) is 27.0. The minimum atomic E-state index is -1.69. The van der Waals surface area contributed by atoms with E-state index in [0.717, 1.165) is 4.31 Å². The first kappa shape index (κ1) is 29.2. The van der Waals surface area contributed by atoms with Crippen LogP contribution >= 0.6 is 93.5 Å². The quantitative estimate of drug-likeness (QED) is 0.198. The molecule has 4 unspecified atom stereocenters. The van der Waals surface area contributed by atoms with Gasteiger partial charge in [0.1, 0.15) is 0 Å². The lowest BCUT2D eigenvalue weighted by Crippen LogP contribution is -2.39. The number of hydrogen-bond donors (Lipinski definition) is 2. The first-order valence-corrected chi connectivity index (χ1v) is 13.3. The second kappa shape index (κ2) is 12.3. The Morgan fingerprint density at radius 1 is 0.848 bits per heavy atom. The van der Waals surface area contributed by atoms with E-state index < -0.39 is 24.0 Å². The molecule has 1 saturated heterocycles. The molecular weight excluding hydrogens is 599 g/mol. The summed E-state index contributed by atoms with van der Waals surface area (Å²) >= 11 is 34.5. The average molecular weight is 618 g/mol. The molecule has 7 nitrogen and oxygen atoms in total. The van der Waals surface area contributed by atoms with Crippen LogP contribution in [-0.2, 0) is 19.2 Å². The van der Waals surface area contributed by atoms with Crippen LogP contribution in [-0.4, -0.2) is 34.2 Å². The molecule has 3 N–H and O–H groups in total. The summed E-state index contributed by atoms with van der Waals surface area (Å²) in [5.41, 5.74) is 5.24. The lowest BCUT2D eigenvalue weighted by atomic mass is 9.82. The van der Waals surface area contributed by atoms with Crippen LogP contribution in [0.4, 0.5) is 0 Å². The van der Waals surface area contributed by atoms with Gasteiger partial charge in [-0.2, -0.15) is 0 Å². The zero-order valence-electron chi connectivity index (χ0n) is 16.7. The third-order valence-corrected chi connectivity index (χ3v) is 7.66. The third-order valence-electron chi connectivity index (χ3n) is 5.06. The minimum absolute atomic E-state index is 0.254. The molecule has 0 spiro atoms. The van der Waals surface area contributed by atoms with Gasteiger partial charge in [-0.1, -0.05) is 93.9 Å². The summed E-state index contributed by atoms with van der Waals surface area (Å²) < 4.78 is 0.102. The smallest absolute Gasteiger partial charge is 0.256 e. The van der Waals surface area contributed by atoms with Crippen molar-refractivity contribution in [3.05, 3.63) is 24.3 Å². The lowest BCUT2D eigenvalue weighted by molar-refractivity contribution is -0.133. The molecule has 0 radical (unpaired) electrons. The zero-order chi connectivity index (χ0) is 25.0. The fourth-order valence-corrected chi connectivity index (χ4v) is 5.56. The van der Waals surface area contributed by atoms with Crippen LogP contribution in [0, 0.1) is 23.7 Å². The molecule has 4 amide bonds. The number of allylic oxidation sites excluding steroid dienone is 4. The van der Waals surface area contributed by atoms with Crippen LogP contribution in [0.3, 0.4) is 0 Å². The highest BCUT2D eigenvalue weighted by molar-refractivity contribution is 8.03. The van der Waals surface area contributed by atoms with E-state index in [1.165, 1.54) is 0 Å². The maximum Gasteiger partial charge on any atom is 0.256 e. The van der Waals surface area contributed by atoms with Crippen molar-refractivity contribution in [2.24, 2.45) is 29.4 Å². The number of carbonyl (C=O) groups is 4. The van der Waals surface area contributed by atoms with Crippen LogP contribution < -0.4 is 10.5 Å². The summed E-state index contributed by atoms with van der Waals surface area (Å²) in [4.78, 5) is 46.8. The van der Waals surface area contributed by atoms with Crippen LogP contribution in [0.1, 0.15) is 25.7 Å². The predicted molar refractivity (Wildman–Crippen MR) is 136 cm³/mol. The van der Waals surface area contributed by atoms with Crippen molar-refractivity contribution in [3.63, 3.8) is 0 Å². The average Bonchev–Trinajstić information content (AvgIpc) is 2.96. The number of fused-ring (bicyclic) bond motifs is 1. The van der Waals surface area contributed by atoms with E-state index in [1.54, 1.807) is 0 Å². The van der Waals surface area contributed by atoms with Crippen LogP contribution in [0.25, 0.3) is 0 Å². The summed E-state index contributed by atoms with van der Waals surface area (Å²) in [5.74, 6) is -2.92. The van der Waals surface area contributed by atoms with E-state index >= 15 is 0 Å². The highest BCUT2D eigenvalue weighted by atomic mass is 35.6. The van der Waals surface area contributed by atoms with Crippen LogP contribution in [0.5, 0.6) is 0 Å². The number of primary amides is 1. The van der Waals surface area contributed by atoms with Crippen LogP contribution in [0.15, 0.2) is 24.3 Å². The number of hydrogen-bond acceptors (Lipinski definition) is 6. The number of carbonyl (C=O) groups excluding carboxylic acids is 4. The minimum Gasteiger partial charge on any atom is -0.369 e. The van der Waals surface area contributed by atoms with E-state index in [0.29, 0.717) is 49.6 Å². The SMILES string of the molecule is NC(=O)C1CC=CCC1C(=O)NSC(Cl)(Cl)Cl.O=C1C2CC=CCC2C(=O)N1SC(Cl)(Cl)Cl. The monoisotopic (exact) mass is 615 g/mol. The Morgan fingerprint density at radius 3 is 1.73 bits per heavy atom. The molecule has 3 rings (SSSR count). The van der Waals surface area contributed by atoms with Crippen molar-refractivity contribution < 1.29 is 19.2 Å². The molecule has 1 aliphatic heterocycles. The fraction of sp³-hybridized carbons (Fsp3) is 0.556. The molecule has 1 fully saturated rings. The van der Waals surface area contributed by atoms with Crippen molar-refractivity contribution in [2.45, 2.75) is 31.9 Å². The number of imide groups is 1. The van der Waals surface area contributed by atoms with Gasteiger partial charge in [-0.15, -0.1) is 0 Å². The Balaban J connectivity index is 0.000000234. The van der Waals surface area contributed by atoms with Gasteiger partial charge in [-0.25, -0.2) is 4.31 Å². The second-order valence-corrected chi connectivity index (χ2v) is 15.3. The van der Waals surface area contributed by atoms with Crippen molar-refractivity contribution >= 4 is 117 Å². The van der Waals surface area contributed by atoms with E-state index in [2.05, 4.69) is 4.72 Å². The van der Waals surface area contributed by atoms with Crippen LogP contribution in [0.2, 0.25) is 0 Å². The Hall–Kier alpha value is -0.000000000000000333. The van der Waals surface area contributed by atoms with Gasteiger partial charge in [-0.3, -0.25) is 23.9 Å². The second-order valence-electron chi connectivity index (χ2n) is 7.24. The summed E-state index contributed by atoms with van der Waals surface area (Å²) in [6, 6.07) is 0. The fourth-order valence-electron chi connectivity index (χ4n) is 3.57. The van der Waals surface area contributed by atoms with Gasteiger partial charge in [0, 0.05) is 23.9 Å². The maximum absolute atomic E-state index is 11.9. The van der Waals surface area contributed by atoms with Crippen molar-refractivity contribution in [1.29, 1.82) is 0 Å². The van der Waals surface area contributed by atoms with Crippen molar-refractivity contribution in [2.75, 3.05) is 0 Å². The molecular formula is C18H19Cl6N3O4S2. The Kier molecular flexibility index (Phi) is 10.9. The maximum atomic E-state index is 11.9. The van der Waals surface area contributed by atoms with Gasteiger partial charge in [-0.05, 0) is 25.7 Å². The van der Waals surface area contributed by atoms with E-state index in [4.69, 9.17) is 75.3 Å². The van der Waals surface area contributed by atoms with E-state index in [-0.39, 0.29) is 29.6 Å². The van der Waals surface area contributed by atoms with E-state index in [9.17, 15) is 19.2 Å². The molecule has 4 atom stereocenters. The number of rotatable bonds is 4. The lowest BCUT2D eigenvalue weighted by Gasteiger charge is -2.25. The summed E-state index contributed by atoms with van der Waals surface area (Å²) in [5, 5.41) is 0. The molecule has 15 heteroatoms. The Labute approximate surface area is 229 Å². The molecule has 33 heavy (non-hydrogen) atoms. The number of nitrogens with zero attached hydrogens (tertiary/aromatic N) is 1. The van der Waals surface area contributed by atoms with Gasteiger partial charge in [0.15, 0.2) is 0 Å². The number of nitrogens with one attached hydrogen (secondary N) is 1. The molecule has 0 aromatic heterocycles. The Morgan fingerprint density at radius 2 is 1.30 bits per heavy atom. The van der Waals surface area contributed by atoms with Gasteiger partial charge < -0.3 is 5.73 Å². The van der Waals surface area contributed by atoms with E-state index in [1.807, 2.05) is 24.3 Å². The van der Waals surface area contributed by atoms with Gasteiger partial charge in [0.25, 0.3) is 6.25 Å². The number of halogens is 6. The van der Waals surface area contributed by atoms with Crippen molar-refractivity contribution in [3.8, 4) is 0 Å². The van der Waals surface area contributed by atoms with Crippen molar-refractivity contribution in [1.82, 2.24) is 9.03 Å². The standard InChI is InChI=1S/C9H11Cl3N2O2S.C9H8Cl3NO2S/c10-9(11,12)17-14-8(16)6-4-2-1-3-5(6)7(13)15;10-9(11,12)16-13-7(14)5-3-1-2-4-6(5)8(13)15/h1-2,5-6H,3-4H2,(H2,13,15)(H,14,16);1-2,5-6H,3-4H2. The largest absolute Gasteiger partial charge is 0.369 e. The van der Waals surface area contributed by atoms with Gasteiger partial charge >= 0.3 is 0 Å². The molecule has 0 aromatic rings. The molecule has 184 valence electrons. The Bertz CT molecular complexity index is 820. The molecule has 0 saturated carbocycles. The third kappa shape index (κ3) is 8.86. The first-order chi connectivity index (χ1) is 15.2. The molecule has 0 aromatic carbocycles. The summed E-state index contributed by atoms with van der Waals surface area (Å²) in [6.07, 6.45) is 9.60. The highest BCUT2D eigenvalue weighted by Gasteiger charge is 2.50. The molecule has 3 aliphatic rings. The molecule has 0 bridgehead atoms. The number of alkyl halides is 6. The highest BCUT2D eigenvalue weighted by Crippen LogP contribution is 2.46. The first-order valence-electron chi connectivity index (χ1n) is 9.49. The molecule has 1 heterocycles. The summed E-state index contributed by atoms with van der Waals surface area (Å²) in [6.45, 7) is 0. The topological polar surface area (TPSA) is 110 Å². The van der Waals surface area contributed by atoms with Gasteiger partial charge in [0.2, 0.25) is 23.6 Å². The number of nitrogens with two attached hydrogens (primary N) is 1. The zero-order valence-corrected chi connectivity index (χ0v) is 22.9.